The van der Waals surface area contributed by atoms with Crippen LogP contribution in [0.3, 0.4) is 0 Å². The highest BCUT2D eigenvalue weighted by atomic mass is 35.5. The van der Waals surface area contributed by atoms with Crippen molar-refractivity contribution >= 4 is 12.4 Å². The SMILES string of the molecule is CN1C[C@H](N)C[C@@H](F)C1.Cl. The molecule has 62 valence electrons. The molecule has 2 N–H and O–H groups in total. The third kappa shape index (κ3) is 2.82. The molecule has 0 spiro atoms. The number of hydrogen-bond acceptors (Lipinski definition) is 2. The van der Waals surface area contributed by atoms with Crippen LogP contribution in [0.2, 0.25) is 0 Å². The second-order valence-electron chi connectivity index (χ2n) is 2.81. The van der Waals surface area contributed by atoms with Crippen LogP contribution in [0.1, 0.15) is 6.42 Å². The molecule has 0 saturated carbocycles. The highest BCUT2D eigenvalue weighted by molar-refractivity contribution is 5.85. The molecule has 1 fully saturated rings. The Morgan fingerprint density at radius 2 is 2.10 bits per heavy atom. The van der Waals surface area contributed by atoms with Crippen molar-refractivity contribution in [2.24, 2.45) is 5.73 Å². The molecule has 1 rings (SSSR count). The van der Waals surface area contributed by atoms with Crippen LogP contribution < -0.4 is 5.73 Å². The number of halogens is 2. The Bertz CT molecular complexity index is 76.7. The molecular weight excluding hydrogens is 155 g/mol. The van der Waals surface area contributed by atoms with Gasteiger partial charge in [-0.15, -0.1) is 12.4 Å². The molecular formula is C6H14ClFN2. The smallest absolute Gasteiger partial charge is 0.114 e. The van der Waals surface area contributed by atoms with E-state index in [-0.39, 0.29) is 18.4 Å². The maximum atomic E-state index is 12.6. The Kier molecular flexibility index (Phi) is 4.17. The normalized spacial score (nSPS) is 35.1. The van der Waals surface area contributed by atoms with E-state index < -0.39 is 6.17 Å². The van der Waals surface area contributed by atoms with Gasteiger partial charge in [-0.25, -0.2) is 4.39 Å². The fourth-order valence-electron chi connectivity index (χ4n) is 1.29. The van der Waals surface area contributed by atoms with Gasteiger partial charge in [-0.05, 0) is 13.5 Å². The summed E-state index contributed by atoms with van der Waals surface area (Å²) in [6.07, 6.45) is -0.177. The number of nitrogens with two attached hydrogens (primary N) is 1. The van der Waals surface area contributed by atoms with E-state index in [1.165, 1.54) is 0 Å². The van der Waals surface area contributed by atoms with Crippen LogP contribution in [0.15, 0.2) is 0 Å². The average Bonchev–Trinajstić information content (AvgIpc) is 1.59. The molecule has 0 aromatic rings. The molecule has 0 aromatic carbocycles. The van der Waals surface area contributed by atoms with Crippen molar-refractivity contribution in [2.75, 3.05) is 20.1 Å². The first-order chi connectivity index (χ1) is 4.18. The van der Waals surface area contributed by atoms with E-state index in [1.54, 1.807) is 0 Å². The Hall–Kier alpha value is 0.140. The molecule has 0 aromatic heterocycles. The molecule has 0 radical (unpaired) electrons. The lowest BCUT2D eigenvalue weighted by Gasteiger charge is -2.29. The number of hydrogen-bond donors (Lipinski definition) is 1. The first-order valence-electron chi connectivity index (χ1n) is 3.26. The Morgan fingerprint density at radius 3 is 2.50 bits per heavy atom. The van der Waals surface area contributed by atoms with E-state index in [1.807, 2.05) is 11.9 Å². The number of alkyl halides is 1. The Morgan fingerprint density at radius 1 is 1.50 bits per heavy atom. The van der Waals surface area contributed by atoms with E-state index in [0.29, 0.717) is 13.0 Å². The van der Waals surface area contributed by atoms with E-state index in [4.69, 9.17) is 5.73 Å². The van der Waals surface area contributed by atoms with Gasteiger partial charge in [0.25, 0.3) is 0 Å². The molecule has 0 amide bonds. The number of rotatable bonds is 0. The zero-order valence-electron chi connectivity index (χ0n) is 6.09. The van der Waals surface area contributed by atoms with Crippen LogP contribution in [0.5, 0.6) is 0 Å². The van der Waals surface area contributed by atoms with Crippen LogP contribution in [-0.2, 0) is 0 Å². The Labute approximate surface area is 67.0 Å². The van der Waals surface area contributed by atoms with Gasteiger partial charge in [0.1, 0.15) is 6.17 Å². The van der Waals surface area contributed by atoms with Crippen molar-refractivity contribution in [3.05, 3.63) is 0 Å². The van der Waals surface area contributed by atoms with Gasteiger partial charge in [-0.1, -0.05) is 0 Å². The number of likely N-dealkylation sites (tertiary alicyclic amines) is 1. The summed E-state index contributed by atoms with van der Waals surface area (Å²) in [6.45, 7) is 1.38. The fraction of sp³-hybridized carbons (Fsp3) is 1.00. The van der Waals surface area contributed by atoms with Crippen molar-refractivity contribution in [2.45, 2.75) is 18.6 Å². The average molecular weight is 169 g/mol. The maximum absolute atomic E-state index is 12.6. The van der Waals surface area contributed by atoms with Gasteiger partial charge >= 0.3 is 0 Å². The summed E-state index contributed by atoms with van der Waals surface area (Å²) in [6, 6.07) is 0.0405. The van der Waals surface area contributed by atoms with Crippen molar-refractivity contribution in [3.8, 4) is 0 Å². The monoisotopic (exact) mass is 168 g/mol. The van der Waals surface area contributed by atoms with Crippen molar-refractivity contribution in [1.29, 1.82) is 0 Å². The summed E-state index contributed by atoms with van der Waals surface area (Å²) in [5, 5.41) is 0. The zero-order valence-corrected chi connectivity index (χ0v) is 6.90. The van der Waals surface area contributed by atoms with Gasteiger partial charge in [-0.2, -0.15) is 0 Å². The third-order valence-electron chi connectivity index (χ3n) is 1.61. The third-order valence-corrected chi connectivity index (χ3v) is 1.61. The van der Waals surface area contributed by atoms with Gasteiger partial charge in [0, 0.05) is 19.1 Å². The number of piperidine rings is 1. The summed E-state index contributed by atoms with van der Waals surface area (Å²) in [4.78, 5) is 1.93. The summed E-state index contributed by atoms with van der Waals surface area (Å²) in [5.41, 5.74) is 5.53. The minimum atomic E-state index is -0.709. The van der Waals surface area contributed by atoms with E-state index >= 15 is 0 Å². The largest absolute Gasteiger partial charge is 0.326 e. The van der Waals surface area contributed by atoms with Crippen LogP contribution in [0.4, 0.5) is 4.39 Å². The van der Waals surface area contributed by atoms with Crippen LogP contribution in [0.25, 0.3) is 0 Å². The Balaban J connectivity index is 0.000000810. The minimum absolute atomic E-state index is 0. The lowest BCUT2D eigenvalue weighted by molar-refractivity contribution is 0.147. The van der Waals surface area contributed by atoms with Crippen molar-refractivity contribution in [3.63, 3.8) is 0 Å². The molecule has 10 heavy (non-hydrogen) atoms. The second kappa shape index (κ2) is 4.11. The molecule has 0 aliphatic carbocycles. The molecule has 2 atom stereocenters. The van der Waals surface area contributed by atoms with Crippen LogP contribution in [0, 0.1) is 0 Å². The highest BCUT2D eigenvalue weighted by Crippen LogP contribution is 2.09. The summed E-state index contributed by atoms with van der Waals surface area (Å²) in [7, 11) is 1.89. The summed E-state index contributed by atoms with van der Waals surface area (Å²) in [5.74, 6) is 0. The van der Waals surface area contributed by atoms with Gasteiger partial charge in [-0.3, -0.25) is 0 Å². The molecule has 1 aliphatic heterocycles. The topological polar surface area (TPSA) is 29.3 Å². The highest BCUT2D eigenvalue weighted by Gasteiger charge is 2.21. The van der Waals surface area contributed by atoms with Crippen LogP contribution in [-0.4, -0.2) is 37.3 Å². The van der Waals surface area contributed by atoms with Gasteiger partial charge in [0.05, 0.1) is 0 Å². The molecule has 2 nitrogen and oxygen atoms in total. The first kappa shape index (κ1) is 10.1. The predicted molar refractivity (Wildman–Crippen MR) is 42.2 cm³/mol. The number of nitrogens with zero attached hydrogens (tertiary/aromatic N) is 1. The van der Waals surface area contributed by atoms with E-state index in [9.17, 15) is 4.39 Å². The molecule has 1 saturated heterocycles. The molecule has 0 bridgehead atoms. The number of likely N-dealkylation sites (N-methyl/N-ethyl adjacent to an activating group) is 1. The fourth-order valence-corrected chi connectivity index (χ4v) is 1.29. The van der Waals surface area contributed by atoms with Crippen LogP contribution >= 0.6 is 12.4 Å². The summed E-state index contributed by atoms with van der Waals surface area (Å²) < 4.78 is 12.6. The van der Waals surface area contributed by atoms with E-state index in [2.05, 4.69) is 0 Å². The van der Waals surface area contributed by atoms with Gasteiger partial charge in [0.2, 0.25) is 0 Å². The maximum Gasteiger partial charge on any atom is 0.114 e. The lowest BCUT2D eigenvalue weighted by Crippen LogP contribution is -2.45. The second-order valence-corrected chi connectivity index (χ2v) is 2.81. The zero-order chi connectivity index (χ0) is 6.85. The molecule has 1 heterocycles. The predicted octanol–water partition coefficient (Wildman–Crippen LogP) is 0.409. The molecule has 1 aliphatic rings. The standard InChI is InChI=1S/C6H13FN2.ClH/c1-9-3-5(7)2-6(8)4-9;/h5-6H,2-4,8H2,1H3;1H/t5-,6-;/m1./s1. The molecule has 0 unspecified atom stereocenters. The van der Waals surface area contributed by atoms with E-state index in [0.717, 1.165) is 6.54 Å². The molecule has 4 heteroatoms. The minimum Gasteiger partial charge on any atom is -0.326 e. The van der Waals surface area contributed by atoms with Crippen molar-refractivity contribution < 1.29 is 4.39 Å². The summed E-state index contributed by atoms with van der Waals surface area (Å²) >= 11 is 0. The quantitative estimate of drug-likeness (QED) is 0.568. The lowest BCUT2D eigenvalue weighted by atomic mass is 10.1. The first-order valence-corrected chi connectivity index (χ1v) is 3.26. The van der Waals surface area contributed by atoms with Gasteiger partial charge < -0.3 is 10.6 Å². The van der Waals surface area contributed by atoms with Gasteiger partial charge in [0.15, 0.2) is 0 Å². The van der Waals surface area contributed by atoms with Crippen molar-refractivity contribution in [1.82, 2.24) is 4.90 Å².